The molecule has 20 heavy (non-hydrogen) atoms. The van der Waals surface area contributed by atoms with Crippen molar-refractivity contribution in [3.8, 4) is 17.1 Å². The van der Waals surface area contributed by atoms with Crippen LogP contribution in [0.1, 0.15) is 0 Å². The van der Waals surface area contributed by atoms with Gasteiger partial charge in [0, 0.05) is 6.07 Å². The van der Waals surface area contributed by atoms with Crippen LogP contribution in [-0.4, -0.2) is 22.1 Å². The van der Waals surface area contributed by atoms with Gasteiger partial charge in [0.15, 0.2) is 5.65 Å². The lowest BCUT2D eigenvalue weighted by atomic mass is 10.1. The number of fused-ring (bicyclic) bond motifs is 1. The molecular formula is C13H12ClN5O. The van der Waals surface area contributed by atoms with Crippen LogP contribution in [0.15, 0.2) is 24.3 Å². The van der Waals surface area contributed by atoms with Crippen LogP contribution in [0.2, 0.25) is 5.02 Å². The highest BCUT2D eigenvalue weighted by Gasteiger charge is 2.14. The maximum atomic E-state index is 6.06. The number of rotatable bonds is 2. The van der Waals surface area contributed by atoms with E-state index in [1.165, 1.54) is 0 Å². The number of aromatic nitrogens is 3. The minimum atomic E-state index is 0.415. The van der Waals surface area contributed by atoms with Crippen molar-refractivity contribution in [1.29, 1.82) is 0 Å². The third-order valence-electron chi connectivity index (χ3n) is 2.94. The molecule has 0 aliphatic carbocycles. The largest absolute Gasteiger partial charge is 0.496 e. The lowest BCUT2D eigenvalue weighted by Crippen LogP contribution is -1.93. The van der Waals surface area contributed by atoms with Gasteiger partial charge < -0.3 is 21.2 Å². The fourth-order valence-electron chi connectivity index (χ4n) is 1.96. The van der Waals surface area contributed by atoms with Crippen LogP contribution >= 0.6 is 11.6 Å². The van der Waals surface area contributed by atoms with Crippen molar-refractivity contribution in [3.63, 3.8) is 0 Å². The van der Waals surface area contributed by atoms with Crippen LogP contribution in [-0.2, 0) is 0 Å². The molecule has 3 aromatic rings. The SMILES string of the molecule is COc1cc(N)c(Cl)cc1-c1nc2nc(N)ccc2[nH]1. The Morgan fingerprint density at radius 3 is 2.75 bits per heavy atom. The van der Waals surface area contributed by atoms with Crippen molar-refractivity contribution >= 4 is 34.3 Å². The van der Waals surface area contributed by atoms with E-state index in [4.69, 9.17) is 27.8 Å². The Hall–Kier alpha value is -2.47. The van der Waals surface area contributed by atoms with Crippen molar-refractivity contribution in [1.82, 2.24) is 15.0 Å². The van der Waals surface area contributed by atoms with E-state index in [1.54, 1.807) is 25.3 Å². The van der Waals surface area contributed by atoms with E-state index < -0.39 is 0 Å². The molecule has 0 saturated carbocycles. The van der Waals surface area contributed by atoms with Crippen molar-refractivity contribution in [2.24, 2.45) is 0 Å². The first-order valence-electron chi connectivity index (χ1n) is 5.84. The quantitative estimate of drug-likeness (QED) is 0.629. The van der Waals surface area contributed by atoms with E-state index >= 15 is 0 Å². The van der Waals surface area contributed by atoms with Gasteiger partial charge in [-0.3, -0.25) is 0 Å². The Labute approximate surface area is 119 Å². The second-order valence-electron chi connectivity index (χ2n) is 4.27. The Balaban J connectivity index is 2.22. The zero-order valence-electron chi connectivity index (χ0n) is 10.6. The predicted molar refractivity (Wildman–Crippen MR) is 79.7 cm³/mol. The van der Waals surface area contributed by atoms with E-state index in [9.17, 15) is 0 Å². The highest BCUT2D eigenvalue weighted by atomic mass is 35.5. The van der Waals surface area contributed by atoms with Gasteiger partial charge in [-0.2, -0.15) is 0 Å². The Morgan fingerprint density at radius 1 is 1.20 bits per heavy atom. The molecule has 0 radical (unpaired) electrons. The molecule has 0 aliphatic heterocycles. The van der Waals surface area contributed by atoms with Crippen LogP contribution in [0.5, 0.6) is 5.75 Å². The molecule has 0 saturated heterocycles. The third kappa shape index (κ3) is 2.00. The molecule has 6 nitrogen and oxygen atoms in total. The monoisotopic (exact) mass is 289 g/mol. The number of imidazole rings is 1. The van der Waals surface area contributed by atoms with Crippen molar-refractivity contribution in [2.45, 2.75) is 0 Å². The summed E-state index contributed by atoms with van der Waals surface area (Å²) in [6.07, 6.45) is 0. The number of nitrogens with zero attached hydrogens (tertiary/aromatic N) is 2. The van der Waals surface area contributed by atoms with Crippen LogP contribution in [0.4, 0.5) is 11.5 Å². The second-order valence-corrected chi connectivity index (χ2v) is 4.67. The van der Waals surface area contributed by atoms with E-state index in [0.717, 1.165) is 5.52 Å². The van der Waals surface area contributed by atoms with Gasteiger partial charge >= 0.3 is 0 Å². The standard InChI is InChI=1S/C13H12ClN5O/c1-20-10-5-8(15)7(14)4-6(10)12-17-9-2-3-11(16)18-13(9)19-12/h2-5H,15H2,1H3,(H3,16,17,18,19). The van der Waals surface area contributed by atoms with Gasteiger partial charge in [0.25, 0.3) is 0 Å². The molecule has 0 unspecified atom stereocenters. The summed E-state index contributed by atoms with van der Waals surface area (Å²) in [5.41, 5.74) is 13.9. The first kappa shape index (κ1) is 12.6. The van der Waals surface area contributed by atoms with Gasteiger partial charge in [0.2, 0.25) is 0 Å². The molecule has 3 rings (SSSR count). The number of ether oxygens (including phenoxy) is 1. The number of hydrogen-bond donors (Lipinski definition) is 3. The van der Waals surface area contributed by atoms with Gasteiger partial charge in [-0.05, 0) is 18.2 Å². The number of nitrogens with two attached hydrogens (primary N) is 2. The number of halogens is 1. The van der Waals surface area contributed by atoms with Crippen molar-refractivity contribution in [2.75, 3.05) is 18.6 Å². The molecule has 0 atom stereocenters. The van der Waals surface area contributed by atoms with Crippen LogP contribution in [0, 0.1) is 0 Å². The number of hydrogen-bond acceptors (Lipinski definition) is 5. The maximum Gasteiger partial charge on any atom is 0.180 e. The number of H-pyrrole nitrogens is 1. The van der Waals surface area contributed by atoms with Crippen molar-refractivity contribution < 1.29 is 4.74 Å². The van der Waals surface area contributed by atoms with Crippen LogP contribution < -0.4 is 16.2 Å². The molecule has 5 N–H and O–H groups in total. The Bertz CT molecular complexity index is 799. The molecule has 0 bridgehead atoms. The van der Waals surface area contributed by atoms with E-state index in [0.29, 0.717) is 39.3 Å². The average Bonchev–Trinajstić information content (AvgIpc) is 2.84. The van der Waals surface area contributed by atoms with Gasteiger partial charge in [-0.15, -0.1) is 0 Å². The number of nitrogens with one attached hydrogen (secondary N) is 1. The van der Waals surface area contributed by atoms with Crippen LogP contribution in [0.25, 0.3) is 22.6 Å². The molecule has 0 spiro atoms. The summed E-state index contributed by atoms with van der Waals surface area (Å²) < 4.78 is 5.31. The molecule has 2 heterocycles. The van der Waals surface area contributed by atoms with Gasteiger partial charge in [-0.25, -0.2) is 9.97 Å². The van der Waals surface area contributed by atoms with Gasteiger partial charge in [-0.1, -0.05) is 11.6 Å². The number of anilines is 2. The highest BCUT2D eigenvalue weighted by Crippen LogP contribution is 2.35. The fourth-order valence-corrected chi connectivity index (χ4v) is 2.12. The summed E-state index contributed by atoms with van der Waals surface area (Å²) in [5, 5.41) is 0.439. The minimum Gasteiger partial charge on any atom is -0.496 e. The molecule has 0 aliphatic rings. The van der Waals surface area contributed by atoms with E-state index in [1.807, 2.05) is 6.07 Å². The Morgan fingerprint density at radius 2 is 2.00 bits per heavy atom. The molecular weight excluding hydrogens is 278 g/mol. The number of benzene rings is 1. The second kappa shape index (κ2) is 4.57. The first-order valence-corrected chi connectivity index (χ1v) is 6.22. The fraction of sp³-hybridized carbons (Fsp3) is 0.0769. The topological polar surface area (TPSA) is 103 Å². The normalized spacial score (nSPS) is 10.9. The lowest BCUT2D eigenvalue weighted by Gasteiger charge is -2.08. The average molecular weight is 290 g/mol. The summed E-state index contributed by atoms with van der Waals surface area (Å²) in [4.78, 5) is 11.7. The van der Waals surface area contributed by atoms with E-state index in [2.05, 4.69) is 15.0 Å². The smallest absolute Gasteiger partial charge is 0.180 e. The summed E-state index contributed by atoms with van der Waals surface area (Å²) in [7, 11) is 1.56. The first-order chi connectivity index (χ1) is 9.58. The molecule has 2 aromatic heterocycles. The molecule has 7 heteroatoms. The molecule has 102 valence electrons. The van der Waals surface area contributed by atoms with Crippen LogP contribution in [0.3, 0.4) is 0 Å². The summed E-state index contributed by atoms with van der Waals surface area (Å²) in [6.45, 7) is 0. The molecule has 0 fully saturated rings. The summed E-state index contributed by atoms with van der Waals surface area (Å²) >= 11 is 6.06. The Kier molecular flexibility index (Phi) is 2.87. The zero-order chi connectivity index (χ0) is 14.3. The highest BCUT2D eigenvalue weighted by molar-refractivity contribution is 6.33. The minimum absolute atomic E-state index is 0.415. The van der Waals surface area contributed by atoms with Gasteiger partial charge in [0.1, 0.15) is 17.4 Å². The number of pyridine rings is 1. The lowest BCUT2D eigenvalue weighted by molar-refractivity contribution is 0.416. The molecule has 0 amide bonds. The number of aromatic amines is 1. The van der Waals surface area contributed by atoms with Gasteiger partial charge in [0.05, 0.1) is 28.9 Å². The number of nitrogen functional groups attached to an aromatic ring is 2. The summed E-state index contributed by atoms with van der Waals surface area (Å²) in [6, 6.07) is 6.89. The predicted octanol–water partition coefficient (Wildman–Crippen LogP) is 2.45. The summed E-state index contributed by atoms with van der Waals surface area (Å²) in [5.74, 6) is 1.59. The van der Waals surface area contributed by atoms with Crippen molar-refractivity contribution in [3.05, 3.63) is 29.3 Å². The number of methoxy groups -OCH3 is 1. The zero-order valence-corrected chi connectivity index (χ0v) is 11.4. The van der Waals surface area contributed by atoms with E-state index in [-0.39, 0.29) is 0 Å². The third-order valence-corrected chi connectivity index (χ3v) is 3.27. The molecule has 1 aromatic carbocycles. The maximum absolute atomic E-state index is 6.06.